The Hall–Kier alpha value is -0.940. The molecular weight excluding hydrogens is 289 g/mol. The molecule has 1 fully saturated rings. The molecule has 1 aromatic carbocycles. The van der Waals surface area contributed by atoms with Crippen molar-refractivity contribution in [2.75, 3.05) is 25.6 Å². The lowest BCUT2D eigenvalue weighted by Crippen LogP contribution is -2.43. The Labute approximate surface area is 116 Å². The number of hydrogen-bond donors (Lipinski definition) is 0. The van der Waals surface area contributed by atoms with Crippen molar-refractivity contribution in [3.63, 3.8) is 0 Å². The molecule has 104 valence electrons. The molecule has 0 N–H and O–H groups in total. The number of halogens is 1. The molecule has 8 heteroatoms. The summed E-state index contributed by atoms with van der Waals surface area (Å²) in [5.74, 6) is 0.219. The van der Waals surface area contributed by atoms with Crippen LogP contribution >= 0.6 is 19.1 Å². The van der Waals surface area contributed by atoms with Crippen molar-refractivity contribution in [3.05, 3.63) is 35.2 Å². The molecule has 1 heterocycles. The van der Waals surface area contributed by atoms with Gasteiger partial charge in [0.15, 0.2) is 0 Å². The standard InChI is InChI=1S/C11H15ClN3O3P/c12-7-9-14(13-16)15-8-4-10-18-19(15,17)11-5-2-1-3-6-11/h1-3,5-6H,4,7-10H2. The van der Waals surface area contributed by atoms with Crippen LogP contribution in [0.5, 0.6) is 0 Å². The molecule has 1 atom stereocenters. The molecule has 1 unspecified atom stereocenters. The number of nitrogens with zero attached hydrogens (tertiary/aromatic N) is 3. The summed E-state index contributed by atoms with van der Waals surface area (Å²) in [7, 11) is -3.27. The van der Waals surface area contributed by atoms with Gasteiger partial charge in [0.05, 0.1) is 23.7 Å². The first kappa shape index (κ1) is 14.5. The molecule has 0 amide bonds. The average molecular weight is 304 g/mol. The third-order valence-electron chi connectivity index (χ3n) is 2.80. The highest BCUT2D eigenvalue weighted by atomic mass is 35.5. The largest absolute Gasteiger partial charge is 0.321 e. The van der Waals surface area contributed by atoms with Crippen LogP contribution in [0.2, 0.25) is 0 Å². The summed E-state index contributed by atoms with van der Waals surface area (Å²) in [6.45, 7) is 1.05. The van der Waals surface area contributed by atoms with Crippen LogP contribution in [0, 0.1) is 4.91 Å². The van der Waals surface area contributed by atoms with Gasteiger partial charge < -0.3 is 4.52 Å². The minimum absolute atomic E-state index is 0.200. The third kappa shape index (κ3) is 2.98. The van der Waals surface area contributed by atoms with Gasteiger partial charge in [0, 0.05) is 12.4 Å². The first-order valence-electron chi connectivity index (χ1n) is 5.97. The van der Waals surface area contributed by atoms with Gasteiger partial charge in [0.2, 0.25) is 0 Å². The molecule has 0 aliphatic carbocycles. The molecule has 1 aliphatic heterocycles. The summed E-state index contributed by atoms with van der Waals surface area (Å²) in [4.78, 5) is 10.9. The van der Waals surface area contributed by atoms with Crippen LogP contribution in [0.3, 0.4) is 0 Å². The summed E-state index contributed by atoms with van der Waals surface area (Å²) in [5, 5.41) is 4.55. The van der Waals surface area contributed by atoms with Crippen molar-refractivity contribution >= 4 is 24.4 Å². The summed E-state index contributed by atoms with van der Waals surface area (Å²) in [5.41, 5.74) is 0. The lowest BCUT2D eigenvalue weighted by Gasteiger charge is -2.38. The van der Waals surface area contributed by atoms with Gasteiger partial charge in [-0.25, -0.2) is 0 Å². The van der Waals surface area contributed by atoms with Gasteiger partial charge in [0.1, 0.15) is 0 Å². The number of rotatable bonds is 5. The van der Waals surface area contributed by atoms with Gasteiger partial charge in [-0.15, -0.1) is 21.3 Å². The van der Waals surface area contributed by atoms with E-state index in [9.17, 15) is 9.47 Å². The quantitative estimate of drug-likeness (QED) is 0.362. The lowest BCUT2D eigenvalue weighted by atomic mass is 10.4. The minimum atomic E-state index is -3.27. The second kappa shape index (κ2) is 6.48. The summed E-state index contributed by atoms with van der Waals surface area (Å²) in [6, 6.07) is 8.85. The van der Waals surface area contributed by atoms with Crippen molar-refractivity contribution < 1.29 is 9.09 Å². The van der Waals surface area contributed by atoms with Crippen LogP contribution in [-0.4, -0.2) is 35.5 Å². The highest BCUT2D eigenvalue weighted by Gasteiger charge is 2.40. The van der Waals surface area contributed by atoms with Crippen LogP contribution < -0.4 is 5.30 Å². The van der Waals surface area contributed by atoms with E-state index in [0.717, 1.165) is 5.12 Å². The van der Waals surface area contributed by atoms with Crippen molar-refractivity contribution in [1.29, 1.82) is 0 Å². The maximum absolute atomic E-state index is 13.1. The molecule has 1 saturated heterocycles. The van der Waals surface area contributed by atoms with E-state index in [1.54, 1.807) is 24.3 Å². The van der Waals surface area contributed by atoms with Crippen LogP contribution in [0.4, 0.5) is 0 Å². The highest BCUT2D eigenvalue weighted by molar-refractivity contribution is 7.64. The van der Waals surface area contributed by atoms with E-state index in [-0.39, 0.29) is 12.4 Å². The Morgan fingerprint density at radius 1 is 1.42 bits per heavy atom. The molecule has 6 nitrogen and oxygen atoms in total. The Kier molecular flexibility index (Phi) is 4.93. The molecule has 0 aromatic heterocycles. The molecule has 0 saturated carbocycles. The molecule has 2 rings (SSSR count). The monoisotopic (exact) mass is 303 g/mol. The number of benzene rings is 1. The Bertz CT molecular complexity index is 474. The van der Waals surface area contributed by atoms with Gasteiger partial charge in [-0.1, -0.05) is 18.2 Å². The van der Waals surface area contributed by atoms with Crippen LogP contribution in [0.1, 0.15) is 6.42 Å². The van der Waals surface area contributed by atoms with Crippen LogP contribution in [0.25, 0.3) is 0 Å². The normalized spacial score (nSPS) is 24.1. The molecule has 1 aliphatic rings. The van der Waals surface area contributed by atoms with Gasteiger partial charge in [-0.2, -0.15) is 5.12 Å². The summed E-state index contributed by atoms with van der Waals surface area (Å²) < 4.78 is 20.0. The first-order chi connectivity index (χ1) is 9.22. The molecule has 19 heavy (non-hydrogen) atoms. The number of alkyl halides is 1. The zero-order chi connectivity index (χ0) is 13.7. The zero-order valence-electron chi connectivity index (χ0n) is 10.3. The fourth-order valence-corrected chi connectivity index (χ4v) is 4.37. The number of hydrogen-bond acceptors (Lipinski definition) is 4. The fourth-order valence-electron chi connectivity index (χ4n) is 1.94. The Morgan fingerprint density at radius 2 is 2.16 bits per heavy atom. The van der Waals surface area contributed by atoms with Crippen molar-refractivity contribution in [3.8, 4) is 0 Å². The van der Waals surface area contributed by atoms with E-state index in [0.29, 0.717) is 24.9 Å². The Morgan fingerprint density at radius 3 is 2.79 bits per heavy atom. The van der Waals surface area contributed by atoms with Crippen molar-refractivity contribution in [2.24, 2.45) is 5.29 Å². The van der Waals surface area contributed by atoms with E-state index >= 15 is 0 Å². The van der Waals surface area contributed by atoms with Crippen LogP contribution in [0.15, 0.2) is 35.6 Å². The lowest BCUT2D eigenvalue weighted by molar-refractivity contribution is 0.0265. The van der Waals surface area contributed by atoms with Gasteiger partial charge in [-0.05, 0) is 18.6 Å². The van der Waals surface area contributed by atoms with E-state index in [4.69, 9.17) is 16.1 Å². The molecule has 0 spiro atoms. The van der Waals surface area contributed by atoms with Crippen molar-refractivity contribution in [2.45, 2.75) is 6.42 Å². The first-order valence-corrected chi connectivity index (χ1v) is 8.08. The van der Waals surface area contributed by atoms with E-state index < -0.39 is 7.52 Å². The highest BCUT2D eigenvalue weighted by Crippen LogP contribution is 2.52. The molecule has 0 radical (unpaired) electrons. The smallest absolute Gasteiger partial charge is 0.313 e. The van der Waals surface area contributed by atoms with E-state index in [2.05, 4.69) is 5.29 Å². The summed E-state index contributed by atoms with van der Waals surface area (Å²) >= 11 is 5.64. The minimum Gasteiger partial charge on any atom is -0.313 e. The second-order valence-electron chi connectivity index (χ2n) is 4.01. The predicted molar refractivity (Wildman–Crippen MR) is 74.2 cm³/mol. The van der Waals surface area contributed by atoms with Gasteiger partial charge in [-0.3, -0.25) is 4.57 Å². The molecule has 0 bridgehead atoms. The topological polar surface area (TPSA) is 62.2 Å². The van der Waals surface area contributed by atoms with Gasteiger partial charge in [0.25, 0.3) is 0 Å². The van der Waals surface area contributed by atoms with Gasteiger partial charge >= 0.3 is 7.52 Å². The predicted octanol–water partition coefficient (Wildman–Crippen LogP) is 2.36. The zero-order valence-corrected chi connectivity index (χ0v) is 12.0. The van der Waals surface area contributed by atoms with Crippen LogP contribution in [-0.2, 0) is 9.09 Å². The fraction of sp³-hybridized carbons (Fsp3) is 0.455. The third-order valence-corrected chi connectivity index (χ3v) is 5.47. The SMILES string of the molecule is O=NN(CCCl)N1CCCOP1(=O)c1ccccc1. The van der Waals surface area contributed by atoms with E-state index in [1.165, 1.54) is 4.78 Å². The maximum atomic E-state index is 13.1. The number of hydrazine groups is 1. The maximum Gasteiger partial charge on any atom is 0.321 e. The average Bonchev–Trinajstić information content (AvgIpc) is 2.47. The van der Waals surface area contributed by atoms with Crippen molar-refractivity contribution in [1.82, 2.24) is 9.90 Å². The molecular formula is C11H15ClN3O3P. The Balaban J connectivity index is 2.34. The molecule has 1 aromatic rings. The second-order valence-corrected chi connectivity index (χ2v) is 6.66. The van der Waals surface area contributed by atoms with E-state index in [1.807, 2.05) is 6.07 Å². The summed E-state index contributed by atoms with van der Waals surface area (Å²) in [6.07, 6.45) is 0.686. The number of nitroso groups, excluding NO2 is 1.